The second-order valence-electron chi connectivity index (χ2n) is 7.54. The number of benzene rings is 3. The average Bonchev–Trinajstić information content (AvgIpc) is 2.89. The summed E-state index contributed by atoms with van der Waals surface area (Å²) in [4.78, 5) is 43.3. The molecule has 2 amide bonds. The van der Waals surface area contributed by atoms with Gasteiger partial charge in [0.05, 0.1) is 13.2 Å². The maximum atomic E-state index is 12.9. The summed E-state index contributed by atoms with van der Waals surface area (Å²) in [5, 5.41) is 15.6. The Morgan fingerprint density at radius 1 is 0.943 bits per heavy atom. The van der Waals surface area contributed by atoms with Gasteiger partial charge in [0.1, 0.15) is 5.82 Å². The molecule has 0 unspecified atom stereocenters. The van der Waals surface area contributed by atoms with Crippen LogP contribution in [0.25, 0.3) is 11.4 Å². The number of carbonyl (C=O) groups excluding carboxylic acids is 2. The highest BCUT2D eigenvalue weighted by Gasteiger charge is 2.20. The van der Waals surface area contributed by atoms with Crippen molar-refractivity contribution in [2.75, 3.05) is 12.4 Å². The Hall–Kier alpha value is -4.92. The Bertz CT molecular complexity index is 1360. The van der Waals surface area contributed by atoms with E-state index in [1.54, 1.807) is 24.3 Å². The van der Waals surface area contributed by atoms with E-state index in [-0.39, 0.29) is 11.9 Å². The molecular formula is C26H22N4O5. The zero-order valence-electron chi connectivity index (χ0n) is 18.7. The molecule has 0 aliphatic carbocycles. The number of nitrogens with one attached hydrogen (secondary N) is 3. The lowest BCUT2D eigenvalue weighted by atomic mass is 9.99. The second-order valence-corrected chi connectivity index (χ2v) is 7.54. The number of H-pyrrole nitrogens is 1. The SMILES string of the molecule is COC(=O)c1nc(-c2cccc(NC(=O)NC(c3ccccc3)c3ccccc3)c2)[nH]c(=O)c1O. The highest BCUT2D eigenvalue weighted by molar-refractivity contribution is 5.91. The van der Waals surface area contributed by atoms with E-state index in [1.807, 2.05) is 60.7 Å². The fourth-order valence-electron chi connectivity index (χ4n) is 3.54. The standard InChI is InChI=1S/C26H22N4O5/c1-35-25(33)21-22(31)24(32)30-23(28-21)18-13-8-14-19(15-18)27-26(34)29-20(16-9-4-2-5-10-16)17-11-6-3-7-12-17/h2-15,20,31H,1H3,(H2,27,29,34)(H,28,30,32). The van der Waals surface area contributed by atoms with E-state index in [4.69, 9.17) is 0 Å². The van der Waals surface area contributed by atoms with Crippen molar-refractivity contribution in [3.05, 3.63) is 112 Å². The number of amides is 2. The normalized spacial score (nSPS) is 10.6. The monoisotopic (exact) mass is 470 g/mol. The number of anilines is 1. The third-order valence-corrected chi connectivity index (χ3v) is 5.21. The molecule has 9 nitrogen and oxygen atoms in total. The van der Waals surface area contributed by atoms with Crippen molar-refractivity contribution in [1.82, 2.24) is 15.3 Å². The Labute approximate surface area is 200 Å². The highest BCUT2D eigenvalue weighted by Crippen LogP contribution is 2.23. The van der Waals surface area contributed by atoms with Gasteiger partial charge < -0.3 is 25.5 Å². The minimum absolute atomic E-state index is 0.0312. The summed E-state index contributed by atoms with van der Waals surface area (Å²) in [7, 11) is 1.12. The lowest BCUT2D eigenvalue weighted by Crippen LogP contribution is -2.33. The summed E-state index contributed by atoms with van der Waals surface area (Å²) in [6.07, 6.45) is 0. The quantitative estimate of drug-likeness (QED) is 0.317. The largest absolute Gasteiger partial charge is 0.501 e. The predicted molar refractivity (Wildman–Crippen MR) is 130 cm³/mol. The molecule has 4 rings (SSSR count). The Morgan fingerprint density at radius 3 is 2.17 bits per heavy atom. The van der Waals surface area contributed by atoms with Crippen molar-refractivity contribution in [2.45, 2.75) is 6.04 Å². The molecule has 0 saturated carbocycles. The third kappa shape index (κ3) is 5.36. The van der Waals surface area contributed by atoms with E-state index in [2.05, 4.69) is 25.3 Å². The number of rotatable bonds is 6. The number of urea groups is 1. The summed E-state index contributed by atoms with van der Waals surface area (Å²) >= 11 is 0. The van der Waals surface area contributed by atoms with Crippen LogP contribution in [0.1, 0.15) is 27.7 Å². The second kappa shape index (κ2) is 10.3. The van der Waals surface area contributed by atoms with Gasteiger partial charge in [-0.3, -0.25) is 4.79 Å². The molecule has 0 atom stereocenters. The van der Waals surface area contributed by atoms with Gasteiger partial charge in [-0.2, -0.15) is 0 Å². The topological polar surface area (TPSA) is 133 Å². The number of hydrogen-bond acceptors (Lipinski definition) is 6. The first-order valence-corrected chi connectivity index (χ1v) is 10.7. The molecule has 35 heavy (non-hydrogen) atoms. The first kappa shape index (κ1) is 23.2. The molecule has 0 bridgehead atoms. The summed E-state index contributed by atoms with van der Waals surface area (Å²) in [5.41, 5.74) is 1.28. The summed E-state index contributed by atoms with van der Waals surface area (Å²) < 4.78 is 4.57. The van der Waals surface area contributed by atoms with Crippen LogP contribution in [0.4, 0.5) is 10.5 Å². The molecule has 0 aliphatic rings. The highest BCUT2D eigenvalue weighted by atomic mass is 16.5. The van der Waals surface area contributed by atoms with Crippen LogP contribution in [-0.4, -0.2) is 34.2 Å². The predicted octanol–water partition coefficient (Wildman–Crippen LogP) is 3.84. The number of aromatic hydroxyl groups is 1. The van der Waals surface area contributed by atoms with E-state index in [0.717, 1.165) is 18.2 Å². The lowest BCUT2D eigenvalue weighted by molar-refractivity contribution is 0.0590. The van der Waals surface area contributed by atoms with Crippen LogP contribution < -0.4 is 16.2 Å². The van der Waals surface area contributed by atoms with Crippen molar-refractivity contribution < 1.29 is 19.4 Å². The number of nitrogens with zero attached hydrogens (tertiary/aromatic N) is 1. The maximum absolute atomic E-state index is 12.9. The zero-order valence-corrected chi connectivity index (χ0v) is 18.7. The van der Waals surface area contributed by atoms with E-state index >= 15 is 0 Å². The van der Waals surface area contributed by atoms with Gasteiger partial charge in [0, 0.05) is 11.3 Å². The van der Waals surface area contributed by atoms with Crippen LogP contribution in [0.3, 0.4) is 0 Å². The number of aromatic nitrogens is 2. The van der Waals surface area contributed by atoms with E-state index < -0.39 is 29.0 Å². The number of ether oxygens (including phenoxy) is 1. The molecule has 1 aromatic heterocycles. The Morgan fingerprint density at radius 2 is 1.57 bits per heavy atom. The van der Waals surface area contributed by atoms with Crippen molar-refractivity contribution in [1.29, 1.82) is 0 Å². The van der Waals surface area contributed by atoms with Gasteiger partial charge >= 0.3 is 12.0 Å². The van der Waals surface area contributed by atoms with Gasteiger partial charge in [-0.05, 0) is 23.3 Å². The summed E-state index contributed by atoms with van der Waals surface area (Å²) in [6, 6.07) is 24.9. The van der Waals surface area contributed by atoms with Gasteiger partial charge in [-0.25, -0.2) is 14.6 Å². The number of methoxy groups -OCH3 is 1. The minimum atomic E-state index is -0.948. The van der Waals surface area contributed by atoms with E-state index in [0.29, 0.717) is 11.3 Å². The van der Waals surface area contributed by atoms with Crippen molar-refractivity contribution >= 4 is 17.7 Å². The van der Waals surface area contributed by atoms with Crippen LogP contribution in [-0.2, 0) is 4.74 Å². The fraction of sp³-hybridized carbons (Fsp3) is 0.0769. The number of aromatic amines is 1. The van der Waals surface area contributed by atoms with E-state index in [9.17, 15) is 19.5 Å². The van der Waals surface area contributed by atoms with Gasteiger partial charge in [-0.15, -0.1) is 0 Å². The smallest absolute Gasteiger partial charge is 0.360 e. The Kier molecular flexibility index (Phi) is 6.87. The van der Waals surface area contributed by atoms with Crippen LogP contribution in [0.15, 0.2) is 89.7 Å². The molecule has 0 fully saturated rings. The third-order valence-electron chi connectivity index (χ3n) is 5.21. The molecule has 0 saturated heterocycles. The first-order chi connectivity index (χ1) is 17.0. The van der Waals surface area contributed by atoms with Crippen molar-refractivity contribution in [2.24, 2.45) is 0 Å². The summed E-state index contributed by atoms with van der Waals surface area (Å²) in [5.74, 6) is -1.75. The number of esters is 1. The fourth-order valence-corrected chi connectivity index (χ4v) is 3.54. The van der Waals surface area contributed by atoms with Crippen LogP contribution in [0, 0.1) is 0 Å². The minimum Gasteiger partial charge on any atom is -0.501 e. The first-order valence-electron chi connectivity index (χ1n) is 10.7. The van der Waals surface area contributed by atoms with Gasteiger partial charge in [0.15, 0.2) is 5.69 Å². The Balaban J connectivity index is 1.58. The molecule has 0 radical (unpaired) electrons. The van der Waals surface area contributed by atoms with Gasteiger partial charge in [0.2, 0.25) is 5.75 Å². The van der Waals surface area contributed by atoms with Crippen LogP contribution >= 0.6 is 0 Å². The van der Waals surface area contributed by atoms with Gasteiger partial charge in [0.25, 0.3) is 5.56 Å². The average molecular weight is 470 g/mol. The summed E-state index contributed by atoms with van der Waals surface area (Å²) in [6.45, 7) is 0. The van der Waals surface area contributed by atoms with Crippen LogP contribution in [0.2, 0.25) is 0 Å². The molecule has 0 spiro atoms. The van der Waals surface area contributed by atoms with Gasteiger partial charge in [-0.1, -0.05) is 72.8 Å². The van der Waals surface area contributed by atoms with Crippen molar-refractivity contribution in [3.8, 4) is 17.1 Å². The van der Waals surface area contributed by atoms with Crippen LogP contribution in [0.5, 0.6) is 5.75 Å². The molecule has 4 N–H and O–H groups in total. The van der Waals surface area contributed by atoms with Crippen molar-refractivity contribution in [3.63, 3.8) is 0 Å². The maximum Gasteiger partial charge on any atom is 0.360 e. The molecule has 9 heteroatoms. The van der Waals surface area contributed by atoms with E-state index in [1.165, 1.54) is 0 Å². The lowest BCUT2D eigenvalue weighted by Gasteiger charge is -2.20. The molecule has 3 aromatic carbocycles. The molecule has 1 heterocycles. The number of carbonyl (C=O) groups is 2. The molecular weight excluding hydrogens is 448 g/mol. The molecule has 0 aliphatic heterocycles. The molecule has 4 aromatic rings. The zero-order chi connectivity index (χ0) is 24.8. The molecule has 176 valence electrons. The number of hydrogen-bond donors (Lipinski definition) is 4.